The van der Waals surface area contributed by atoms with Crippen LogP contribution in [0.15, 0.2) is 83.8 Å². The van der Waals surface area contributed by atoms with Crippen molar-refractivity contribution in [2.75, 3.05) is 5.32 Å². The second kappa shape index (κ2) is 11.4. The van der Waals surface area contributed by atoms with Crippen LogP contribution in [-0.2, 0) is 11.5 Å². The summed E-state index contributed by atoms with van der Waals surface area (Å²) in [6.07, 6.45) is 2.86. The molecular weight excluding hydrogens is 587 g/mol. The van der Waals surface area contributed by atoms with Crippen LogP contribution >= 0.6 is 0 Å². The second-order valence-electron chi connectivity index (χ2n) is 12.8. The summed E-state index contributed by atoms with van der Waals surface area (Å²) in [5.74, 6) is -1.38. The first-order chi connectivity index (χ1) is 21.4. The van der Waals surface area contributed by atoms with Crippen molar-refractivity contribution in [3.8, 4) is 0 Å². The molecule has 1 aliphatic carbocycles. The Labute approximate surface area is 262 Å². The van der Waals surface area contributed by atoms with E-state index in [4.69, 9.17) is 15.1 Å². The number of fused-ring (bicyclic) bond motifs is 1. The highest BCUT2D eigenvalue weighted by Crippen LogP contribution is 2.43. The molecule has 0 saturated heterocycles. The second-order valence-corrected chi connectivity index (χ2v) is 17.0. The average molecular weight is 625 g/mol. The van der Waals surface area contributed by atoms with Gasteiger partial charge in [-0.05, 0) is 52.9 Å². The number of rotatable bonds is 8. The number of benzene rings is 3. The number of hydrogen-bond acceptors (Lipinski definition) is 6. The molecule has 1 fully saturated rings. The first kappa shape index (κ1) is 30.4. The molecule has 1 aliphatic rings. The number of aryl methyl sites for hydroxylation is 2. The van der Waals surface area contributed by atoms with E-state index in [9.17, 15) is 14.0 Å². The molecule has 0 radical (unpaired) electrons. The van der Waals surface area contributed by atoms with Gasteiger partial charge in [-0.3, -0.25) is 13.9 Å². The number of halogens is 1. The molecule has 6 rings (SSSR count). The lowest BCUT2D eigenvalue weighted by Crippen LogP contribution is -2.68. The molecule has 2 heterocycles. The molecule has 0 atom stereocenters. The standard InChI is InChI=1S/C34H37FN6O3Si/c1-21-16-26(30(36)42)27(35)19-28(21)38-32-37-20-29-31(39-32)41(33(43)40(29)5)22-17-23(18-22)44-45(34(2,3)4,24-12-8-6-9-13-24)25-14-10-7-11-15-25/h6-16,19-20,22-23H,17-18H2,1-5H3,(H2,36,42)(H,37,38,39)/t22-,23-. The third-order valence-electron chi connectivity index (χ3n) is 8.85. The molecule has 3 aromatic carbocycles. The van der Waals surface area contributed by atoms with Crippen LogP contribution in [-0.4, -0.2) is 39.4 Å². The monoisotopic (exact) mass is 624 g/mol. The Morgan fingerprint density at radius 1 is 1.04 bits per heavy atom. The largest absolute Gasteiger partial charge is 0.404 e. The maximum Gasteiger partial charge on any atom is 0.330 e. The summed E-state index contributed by atoms with van der Waals surface area (Å²) in [4.78, 5) is 34.1. The minimum absolute atomic E-state index is 0.0442. The molecular formula is C34H37FN6O3Si. The highest BCUT2D eigenvalue weighted by Gasteiger charge is 2.53. The predicted octanol–water partition coefficient (Wildman–Crippen LogP) is 4.70. The normalized spacial score (nSPS) is 16.8. The Hall–Kier alpha value is -4.61. The molecule has 2 aromatic heterocycles. The Kier molecular flexibility index (Phi) is 7.70. The van der Waals surface area contributed by atoms with E-state index in [0.29, 0.717) is 35.3 Å². The van der Waals surface area contributed by atoms with E-state index in [1.54, 1.807) is 29.3 Å². The number of hydrogen-bond donors (Lipinski definition) is 2. The lowest BCUT2D eigenvalue weighted by Gasteiger charge is -2.48. The van der Waals surface area contributed by atoms with Crippen molar-refractivity contribution in [1.82, 2.24) is 19.1 Å². The van der Waals surface area contributed by atoms with E-state index >= 15 is 0 Å². The summed E-state index contributed by atoms with van der Waals surface area (Å²) in [6, 6.07) is 23.5. The first-order valence-corrected chi connectivity index (χ1v) is 16.9. The van der Waals surface area contributed by atoms with Crippen LogP contribution in [0.1, 0.15) is 55.6 Å². The third kappa shape index (κ3) is 5.25. The number of primary amides is 1. The smallest absolute Gasteiger partial charge is 0.330 e. The van der Waals surface area contributed by atoms with E-state index in [1.807, 2.05) is 12.1 Å². The molecule has 0 spiro atoms. The summed E-state index contributed by atoms with van der Waals surface area (Å²) in [5, 5.41) is 5.31. The Morgan fingerprint density at radius 3 is 2.20 bits per heavy atom. The van der Waals surface area contributed by atoms with Gasteiger partial charge in [-0.1, -0.05) is 81.4 Å². The number of carbonyl (C=O) groups is 1. The first-order valence-electron chi connectivity index (χ1n) is 15.0. The number of nitrogens with one attached hydrogen (secondary N) is 1. The summed E-state index contributed by atoms with van der Waals surface area (Å²) >= 11 is 0. The van der Waals surface area contributed by atoms with Crippen LogP contribution in [0.2, 0.25) is 5.04 Å². The molecule has 9 nitrogen and oxygen atoms in total. The van der Waals surface area contributed by atoms with Crippen molar-refractivity contribution in [3.63, 3.8) is 0 Å². The maximum absolute atomic E-state index is 14.5. The molecule has 0 aliphatic heterocycles. The van der Waals surface area contributed by atoms with Crippen molar-refractivity contribution in [2.45, 2.75) is 57.7 Å². The summed E-state index contributed by atoms with van der Waals surface area (Å²) in [7, 11) is -1.03. The lowest BCUT2D eigenvalue weighted by atomic mass is 9.89. The molecule has 1 amide bonds. The van der Waals surface area contributed by atoms with Crippen molar-refractivity contribution in [2.24, 2.45) is 12.8 Å². The van der Waals surface area contributed by atoms with Gasteiger partial charge in [-0.25, -0.2) is 14.2 Å². The van der Waals surface area contributed by atoms with Crippen LogP contribution in [0.5, 0.6) is 0 Å². The summed E-state index contributed by atoms with van der Waals surface area (Å²) < 4.78 is 25.1. The Bertz CT molecular complexity index is 1910. The number of anilines is 2. The fourth-order valence-electron chi connectivity index (χ4n) is 6.44. The van der Waals surface area contributed by atoms with Crippen LogP contribution in [0.3, 0.4) is 0 Å². The molecule has 0 unspecified atom stereocenters. The Morgan fingerprint density at radius 2 is 1.64 bits per heavy atom. The Balaban J connectivity index is 1.31. The fraction of sp³-hybridized carbons (Fsp3) is 0.294. The molecule has 232 valence electrons. The van der Waals surface area contributed by atoms with Crippen molar-refractivity contribution < 1.29 is 13.6 Å². The van der Waals surface area contributed by atoms with Gasteiger partial charge in [0.05, 0.1) is 11.8 Å². The van der Waals surface area contributed by atoms with E-state index in [0.717, 1.165) is 0 Å². The molecule has 3 N–H and O–H groups in total. The number of carbonyl (C=O) groups excluding carboxylic acids is 1. The van der Waals surface area contributed by atoms with E-state index < -0.39 is 20.0 Å². The molecule has 1 saturated carbocycles. The highest BCUT2D eigenvalue weighted by atomic mass is 28.4. The zero-order chi connectivity index (χ0) is 32.1. The molecule has 45 heavy (non-hydrogen) atoms. The van der Waals surface area contributed by atoms with Crippen molar-refractivity contribution >= 4 is 47.4 Å². The minimum atomic E-state index is -2.74. The van der Waals surface area contributed by atoms with Crippen molar-refractivity contribution in [1.29, 1.82) is 0 Å². The topological polar surface area (TPSA) is 117 Å². The van der Waals surface area contributed by atoms with Gasteiger partial charge in [0.1, 0.15) is 11.3 Å². The van der Waals surface area contributed by atoms with Gasteiger partial charge < -0.3 is 15.5 Å². The van der Waals surface area contributed by atoms with Gasteiger partial charge in [0.25, 0.3) is 14.2 Å². The van der Waals surface area contributed by atoms with E-state index in [-0.39, 0.29) is 34.4 Å². The summed E-state index contributed by atoms with van der Waals surface area (Å²) in [5.41, 5.74) is 6.99. The van der Waals surface area contributed by atoms with E-state index in [1.165, 1.54) is 22.5 Å². The van der Waals surface area contributed by atoms with Crippen LogP contribution in [0.25, 0.3) is 11.2 Å². The van der Waals surface area contributed by atoms with Crippen LogP contribution in [0.4, 0.5) is 16.0 Å². The third-order valence-corrected chi connectivity index (χ3v) is 13.9. The van der Waals surface area contributed by atoms with Crippen molar-refractivity contribution in [3.05, 3.63) is 106 Å². The van der Waals surface area contributed by atoms with Gasteiger partial charge in [0, 0.05) is 24.9 Å². The highest BCUT2D eigenvalue weighted by molar-refractivity contribution is 6.99. The fourth-order valence-corrected chi connectivity index (χ4v) is 11.1. The lowest BCUT2D eigenvalue weighted by molar-refractivity contribution is 0.0615. The maximum atomic E-state index is 14.5. The average Bonchev–Trinajstić information content (AvgIpc) is 3.23. The molecule has 0 bridgehead atoms. The molecule has 5 aromatic rings. The number of aromatic nitrogens is 4. The number of nitrogens with two attached hydrogens (primary N) is 1. The SMILES string of the molecule is Cc1cc(C(N)=O)c(F)cc1Nc1ncc2c(n1)n([C@H]1C[C@H](O[Si](c3ccccc3)(c3ccccc3)C(C)(C)C)C1)c(=O)n2C. The van der Waals surface area contributed by atoms with Gasteiger partial charge in [0.2, 0.25) is 5.95 Å². The number of imidazole rings is 1. The van der Waals surface area contributed by atoms with Gasteiger partial charge in [0.15, 0.2) is 5.65 Å². The number of amides is 1. The minimum Gasteiger partial charge on any atom is -0.404 e. The summed E-state index contributed by atoms with van der Waals surface area (Å²) in [6.45, 7) is 8.49. The predicted molar refractivity (Wildman–Crippen MR) is 176 cm³/mol. The quantitative estimate of drug-likeness (QED) is 0.242. The van der Waals surface area contributed by atoms with Crippen LogP contribution < -0.4 is 27.1 Å². The van der Waals surface area contributed by atoms with Crippen LogP contribution in [0, 0.1) is 12.7 Å². The van der Waals surface area contributed by atoms with Gasteiger partial charge in [-0.15, -0.1) is 0 Å². The zero-order valence-electron chi connectivity index (χ0n) is 26.0. The van der Waals surface area contributed by atoms with E-state index in [2.05, 4.69) is 79.6 Å². The van der Waals surface area contributed by atoms with Gasteiger partial charge >= 0.3 is 5.69 Å². The number of nitrogens with zero attached hydrogens (tertiary/aromatic N) is 4. The van der Waals surface area contributed by atoms with Gasteiger partial charge in [-0.2, -0.15) is 4.98 Å². The zero-order valence-corrected chi connectivity index (χ0v) is 27.0. The molecule has 11 heteroatoms.